The van der Waals surface area contributed by atoms with Crippen LogP contribution in [0.4, 0.5) is 17.2 Å². The number of amides is 1. The molecule has 2 heterocycles. The Morgan fingerprint density at radius 2 is 1.78 bits per heavy atom. The third-order valence-electron chi connectivity index (χ3n) is 4.99. The molecular formula is C24H24N6O2. The van der Waals surface area contributed by atoms with Crippen molar-refractivity contribution in [2.75, 3.05) is 17.7 Å². The third kappa shape index (κ3) is 4.92. The smallest absolute Gasteiger partial charge is 0.228 e. The van der Waals surface area contributed by atoms with E-state index in [1.165, 1.54) is 6.33 Å². The summed E-state index contributed by atoms with van der Waals surface area (Å²) in [7, 11) is 1.64. The van der Waals surface area contributed by atoms with E-state index in [0.717, 1.165) is 39.9 Å². The topological polar surface area (TPSA) is 94.0 Å². The van der Waals surface area contributed by atoms with E-state index in [9.17, 15) is 4.79 Å². The van der Waals surface area contributed by atoms with Crippen LogP contribution >= 0.6 is 0 Å². The molecule has 0 bridgehead atoms. The van der Waals surface area contributed by atoms with Crippen LogP contribution in [-0.4, -0.2) is 32.5 Å². The number of imidazole rings is 1. The highest BCUT2D eigenvalue weighted by molar-refractivity contribution is 5.92. The summed E-state index contributed by atoms with van der Waals surface area (Å²) in [6.07, 6.45) is 5.38. The average molecular weight is 428 g/mol. The first kappa shape index (κ1) is 21.0. The third-order valence-corrected chi connectivity index (χ3v) is 4.99. The number of benzene rings is 2. The predicted molar refractivity (Wildman–Crippen MR) is 124 cm³/mol. The minimum absolute atomic E-state index is 0.0774. The molecule has 4 rings (SSSR count). The lowest BCUT2D eigenvalue weighted by Crippen LogP contribution is -2.14. The van der Waals surface area contributed by atoms with Gasteiger partial charge in [-0.25, -0.2) is 15.0 Å². The monoisotopic (exact) mass is 428 g/mol. The van der Waals surface area contributed by atoms with E-state index in [4.69, 9.17) is 4.74 Å². The highest BCUT2D eigenvalue weighted by Gasteiger charge is 2.08. The Morgan fingerprint density at radius 1 is 1.00 bits per heavy atom. The van der Waals surface area contributed by atoms with Crippen molar-refractivity contribution >= 4 is 23.1 Å². The Bertz CT molecular complexity index is 1230. The molecule has 2 aromatic heterocycles. The van der Waals surface area contributed by atoms with Crippen molar-refractivity contribution in [2.45, 2.75) is 20.3 Å². The maximum absolute atomic E-state index is 12.4. The van der Waals surface area contributed by atoms with E-state index in [2.05, 4.69) is 25.6 Å². The van der Waals surface area contributed by atoms with Crippen molar-refractivity contribution in [3.8, 4) is 11.6 Å². The van der Waals surface area contributed by atoms with E-state index in [0.29, 0.717) is 12.2 Å². The van der Waals surface area contributed by atoms with Crippen LogP contribution in [0.25, 0.3) is 5.82 Å². The van der Waals surface area contributed by atoms with Gasteiger partial charge in [0.2, 0.25) is 5.91 Å². The van der Waals surface area contributed by atoms with Gasteiger partial charge in [0.05, 0.1) is 13.5 Å². The van der Waals surface area contributed by atoms with Crippen molar-refractivity contribution in [3.63, 3.8) is 0 Å². The molecule has 2 N–H and O–H groups in total. The molecule has 2 aromatic carbocycles. The van der Waals surface area contributed by atoms with Gasteiger partial charge < -0.3 is 15.4 Å². The molecule has 0 saturated carbocycles. The molecular weight excluding hydrogens is 404 g/mol. The normalized spacial score (nSPS) is 10.6. The fourth-order valence-corrected chi connectivity index (χ4v) is 3.39. The zero-order chi connectivity index (χ0) is 22.5. The maximum Gasteiger partial charge on any atom is 0.228 e. The van der Waals surface area contributed by atoms with Gasteiger partial charge >= 0.3 is 0 Å². The van der Waals surface area contributed by atoms with Crippen molar-refractivity contribution < 1.29 is 9.53 Å². The summed E-state index contributed by atoms with van der Waals surface area (Å²) in [5.41, 5.74) is 3.51. The van der Waals surface area contributed by atoms with E-state index >= 15 is 0 Å². The van der Waals surface area contributed by atoms with Crippen LogP contribution in [0.2, 0.25) is 0 Å². The van der Waals surface area contributed by atoms with E-state index in [-0.39, 0.29) is 5.91 Å². The number of ether oxygens (including phenoxy) is 1. The number of aryl methyl sites for hydroxylation is 2. The number of anilines is 3. The Labute approximate surface area is 186 Å². The van der Waals surface area contributed by atoms with Crippen LogP contribution < -0.4 is 15.4 Å². The SMILES string of the molecule is COc1ccc(CC(=O)Nc2ccc(Nc3cc(-n4ccnc4C)ncn3)cc2)cc1C. The maximum atomic E-state index is 12.4. The molecule has 1 amide bonds. The average Bonchev–Trinajstić information content (AvgIpc) is 3.21. The zero-order valence-corrected chi connectivity index (χ0v) is 18.2. The Balaban J connectivity index is 1.38. The summed E-state index contributed by atoms with van der Waals surface area (Å²) in [6, 6.07) is 15.1. The minimum Gasteiger partial charge on any atom is -0.496 e. The van der Waals surface area contributed by atoms with E-state index in [1.54, 1.807) is 13.3 Å². The van der Waals surface area contributed by atoms with Crippen LogP contribution in [0.3, 0.4) is 0 Å². The minimum atomic E-state index is -0.0774. The van der Waals surface area contributed by atoms with Crippen LogP contribution in [0.5, 0.6) is 5.75 Å². The quantitative estimate of drug-likeness (QED) is 0.458. The lowest BCUT2D eigenvalue weighted by molar-refractivity contribution is -0.115. The fraction of sp³-hybridized carbons (Fsp3) is 0.167. The van der Waals surface area contributed by atoms with Gasteiger partial charge in [-0.3, -0.25) is 9.36 Å². The molecule has 0 atom stereocenters. The van der Waals surface area contributed by atoms with Gasteiger partial charge in [-0.05, 0) is 55.3 Å². The number of hydrogen-bond acceptors (Lipinski definition) is 6. The molecule has 0 unspecified atom stereocenters. The number of carbonyl (C=O) groups is 1. The number of aromatic nitrogens is 4. The van der Waals surface area contributed by atoms with Gasteiger partial charge in [0.25, 0.3) is 0 Å². The molecule has 0 aliphatic rings. The molecule has 0 spiro atoms. The van der Waals surface area contributed by atoms with Crippen LogP contribution in [0, 0.1) is 13.8 Å². The number of rotatable bonds is 7. The first-order chi connectivity index (χ1) is 15.5. The van der Waals surface area contributed by atoms with Crippen molar-refractivity contribution in [1.82, 2.24) is 19.5 Å². The van der Waals surface area contributed by atoms with Crippen LogP contribution in [-0.2, 0) is 11.2 Å². The molecule has 0 saturated heterocycles. The molecule has 8 heteroatoms. The number of nitrogens with zero attached hydrogens (tertiary/aromatic N) is 4. The number of carbonyl (C=O) groups excluding carboxylic acids is 1. The summed E-state index contributed by atoms with van der Waals surface area (Å²) in [4.78, 5) is 25.2. The second-order valence-electron chi connectivity index (χ2n) is 7.34. The number of hydrogen-bond donors (Lipinski definition) is 2. The number of nitrogens with one attached hydrogen (secondary N) is 2. The Morgan fingerprint density at radius 3 is 2.47 bits per heavy atom. The van der Waals surface area contributed by atoms with E-state index in [1.807, 2.05) is 73.1 Å². The van der Waals surface area contributed by atoms with Crippen molar-refractivity contribution in [1.29, 1.82) is 0 Å². The second-order valence-corrected chi connectivity index (χ2v) is 7.34. The van der Waals surface area contributed by atoms with Crippen molar-refractivity contribution in [2.24, 2.45) is 0 Å². The first-order valence-corrected chi connectivity index (χ1v) is 10.1. The molecule has 32 heavy (non-hydrogen) atoms. The van der Waals surface area contributed by atoms with Gasteiger partial charge in [-0.2, -0.15) is 0 Å². The summed E-state index contributed by atoms with van der Waals surface area (Å²) in [5, 5.41) is 6.18. The highest BCUT2D eigenvalue weighted by Crippen LogP contribution is 2.21. The molecule has 8 nitrogen and oxygen atoms in total. The van der Waals surface area contributed by atoms with Crippen LogP contribution in [0.15, 0.2) is 67.3 Å². The lowest BCUT2D eigenvalue weighted by atomic mass is 10.1. The Hall–Kier alpha value is -4.20. The van der Waals surface area contributed by atoms with E-state index < -0.39 is 0 Å². The summed E-state index contributed by atoms with van der Waals surface area (Å²) >= 11 is 0. The van der Waals surface area contributed by atoms with Gasteiger partial charge in [0, 0.05) is 29.8 Å². The Kier molecular flexibility index (Phi) is 6.12. The predicted octanol–water partition coefficient (Wildman–Crippen LogP) is 4.21. The molecule has 162 valence electrons. The van der Waals surface area contributed by atoms with Crippen LogP contribution in [0.1, 0.15) is 17.0 Å². The molecule has 0 aliphatic heterocycles. The zero-order valence-electron chi connectivity index (χ0n) is 18.2. The van der Waals surface area contributed by atoms with Gasteiger partial charge in [-0.1, -0.05) is 12.1 Å². The van der Waals surface area contributed by atoms with Gasteiger partial charge in [-0.15, -0.1) is 0 Å². The summed E-state index contributed by atoms with van der Waals surface area (Å²) in [5.74, 6) is 2.98. The second kappa shape index (κ2) is 9.30. The van der Waals surface area contributed by atoms with Gasteiger partial charge in [0.1, 0.15) is 29.5 Å². The summed E-state index contributed by atoms with van der Waals surface area (Å²) < 4.78 is 7.15. The lowest BCUT2D eigenvalue weighted by Gasteiger charge is -2.10. The first-order valence-electron chi connectivity index (χ1n) is 10.1. The van der Waals surface area contributed by atoms with Gasteiger partial charge in [0.15, 0.2) is 0 Å². The van der Waals surface area contributed by atoms with Crippen molar-refractivity contribution in [3.05, 3.63) is 84.2 Å². The molecule has 0 aliphatic carbocycles. The summed E-state index contributed by atoms with van der Waals surface area (Å²) in [6.45, 7) is 3.88. The fourth-order valence-electron chi connectivity index (χ4n) is 3.39. The molecule has 0 radical (unpaired) electrons. The molecule has 0 fully saturated rings. The largest absolute Gasteiger partial charge is 0.496 e. The molecule has 4 aromatic rings. The highest BCUT2D eigenvalue weighted by atomic mass is 16.5. The number of methoxy groups -OCH3 is 1. The standard InChI is InChI=1S/C24H24N6O2/c1-16-12-18(4-9-21(16)32-3)13-24(31)29-20-7-5-19(6-8-20)28-22-14-23(27-15-26-22)30-11-10-25-17(30)2/h4-12,14-15H,13H2,1-3H3,(H,29,31)(H,26,27,28).